The first-order valence-electron chi connectivity index (χ1n) is 6.07. The largest absolute Gasteiger partial charge is 0.397 e. The molecule has 0 saturated carbocycles. The van der Waals surface area contributed by atoms with Crippen molar-refractivity contribution in [1.29, 1.82) is 0 Å². The zero-order valence-corrected chi connectivity index (χ0v) is 13.3. The van der Waals surface area contributed by atoms with Crippen molar-refractivity contribution in [3.05, 3.63) is 52.9 Å². The maximum atomic E-state index is 12.6. The van der Waals surface area contributed by atoms with Gasteiger partial charge in [0.1, 0.15) is 4.88 Å². The molecule has 1 amide bonds. The van der Waals surface area contributed by atoms with Crippen molar-refractivity contribution >= 4 is 48.9 Å². The molecule has 2 aromatic rings. The summed E-state index contributed by atoms with van der Waals surface area (Å²) < 4.78 is 1.90. The van der Waals surface area contributed by atoms with Gasteiger partial charge in [-0.05, 0) is 12.1 Å². The summed E-state index contributed by atoms with van der Waals surface area (Å²) >= 11 is 4.89. The summed E-state index contributed by atoms with van der Waals surface area (Å²) in [5, 5.41) is 0.901. The van der Waals surface area contributed by atoms with E-state index in [9.17, 15) is 4.79 Å². The van der Waals surface area contributed by atoms with Gasteiger partial charge in [-0.15, -0.1) is 24.5 Å². The topological polar surface area (TPSA) is 46.3 Å². The van der Waals surface area contributed by atoms with Crippen LogP contribution in [-0.4, -0.2) is 23.9 Å². The number of thiophene rings is 1. The maximum absolute atomic E-state index is 12.6. The van der Waals surface area contributed by atoms with E-state index in [1.54, 1.807) is 17.1 Å². The number of nitrogens with two attached hydrogens (primary N) is 1. The van der Waals surface area contributed by atoms with Crippen LogP contribution in [0, 0.1) is 0 Å². The third-order valence-electron chi connectivity index (χ3n) is 2.88. The minimum absolute atomic E-state index is 0.0876. The molecule has 0 fully saturated rings. The van der Waals surface area contributed by atoms with Crippen LogP contribution < -0.4 is 5.73 Å². The van der Waals surface area contributed by atoms with Crippen molar-refractivity contribution in [2.24, 2.45) is 0 Å². The van der Waals surface area contributed by atoms with Gasteiger partial charge in [-0.3, -0.25) is 4.79 Å². The quantitative estimate of drug-likeness (QED) is 0.826. The summed E-state index contributed by atoms with van der Waals surface area (Å²) in [5.41, 5.74) is 6.68. The van der Waals surface area contributed by atoms with Crippen LogP contribution in [0.2, 0.25) is 0 Å². The Bertz CT molecular complexity index is 668. The molecule has 0 saturated heterocycles. The third kappa shape index (κ3) is 2.64. The van der Waals surface area contributed by atoms with Gasteiger partial charge in [0.15, 0.2) is 0 Å². The van der Waals surface area contributed by atoms with Gasteiger partial charge in [-0.1, -0.05) is 34.1 Å². The van der Waals surface area contributed by atoms with E-state index in [1.807, 2.05) is 18.2 Å². The van der Waals surface area contributed by atoms with Crippen LogP contribution in [0.3, 0.4) is 0 Å². The average molecular weight is 351 g/mol. The van der Waals surface area contributed by atoms with E-state index < -0.39 is 0 Å². The van der Waals surface area contributed by atoms with Crippen LogP contribution >= 0.6 is 27.3 Å². The number of carbonyl (C=O) groups is 1. The summed E-state index contributed by atoms with van der Waals surface area (Å²) in [5.74, 6) is -0.0876. The highest BCUT2D eigenvalue weighted by molar-refractivity contribution is 9.10. The fourth-order valence-corrected chi connectivity index (χ4v) is 3.81. The number of hydrogen-bond donors (Lipinski definition) is 1. The molecule has 2 N–H and O–H groups in total. The number of nitrogens with zero attached hydrogens (tertiary/aromatic N) is 1. The second kappa shape index (κ2) is 6.24. The molecule has 1 aromatic carbocycles. The smallest absolute Gasteiger partial charge is 0.266 e. The molecule has 0 aliphatic carbocycles. The third-order valence-corrected chi connectivity index (χ3v) is 4.70. The molecule has 0 unspecified atom stereocenters. The van der Waals surface area contributed by atoms with Crippen molar-refractivity contribution in [1.82, 2.24) is 4.90 Å². The van der Waals surface area contributed by atoms with Gasteiger partial charge in [0.25, 0.3) is 5.91 Å². The highest BCUT2D eigenvalue weighted by Gasteiger charge is 2.21. The van der Waals surface area contributed by atoms with E-state index >= 15 is 0 Å². The minimum Gasteiger partial charge on any atom is -0.397 e. The average Bonchev–Trinajstić information content (AvgIpc) is 2.76. The van der Waals surface area contributed by atoms with Gasteiger partial charge in [0.05, 0.1) is 5.69 Å². The van der Waals surface area contributed by atoms with Crippen molar-refractivity contribution in [2.75, 3.05) is 18.8 Å². The molecule has 20 heavy (non-hydrogen) atoms. The van der Waals surface area contributed by atoms with Crippen LogP contribution in [0.1, 0.15) is 9.67 Å². The summed E-state index contributed by atoms with van der Waals surface area (Å²) in [6.45, 7) is 8.29. The number of rotatable bonds is 5. The Kier molecular flexibility index (Phi) is 4.62. The normalized spacial score (nSPS) is 10.4. The lowest BCUT2D eigenvalue weighted by atomic mass is 10.2. The van der Waals surface area contributed by atoms with Gasteiger partial charge < -0.3 is 10.6 Å². The lowest BCUT2D eigenvalue weighted by Gasteiger charge is -2.18. The lowest BCUT2D eigenvalue weighted by molar-refractivity contribution is 0.0796. The molecular weight excluding hydrogens is 336 g/mol. The molecule has 0 radical (unpaired) electrons. The predicted octanol–water partition coefficient (Wildman–Crippen LogP) is 4.06. The highest BCUT2D eigenvalue weighted by atomic mass is 79.9. The Balaban J connectivity index is 2.49. The predicted molar refractivity (Wildman–Crippen MR) is 90.2 cm³/mol. The summed E-state index contributed by atoms with van der Waals surface area (Å²) in [4.78, 5) is 14.8. The lowest BCUT2D eigenvalue weighted by Crippen LogP contribution is -2.31. The van der Waals surface area contributed by atoms with E-state index in [1.165, 1.54) is 11.3 Å². The number of anilines is 1. The Morgan fingerprint density at radius 2 is 2.00 bits per heavy atom. The van der Waals surface area contributed by atoms with Gasteiger partial charge >= 0.3 is 0 Å². The standard InChI is InChI=1S/C15H15BrN2OS/c1-3-8-18(9-4-2)15(19)14-13(17)12-10(16)6-5-7-11(12)20-14/h3-7H,1-2,8-9,17H2. The van der Waals surface area contributed by atoms with Gasteiger partial charge in [0, 0.05) is 27.6 Å². The van der Waals surface area contributed by atoms with E-state index in [0.29, 0.717) is 23.7 Å². The van der Waals surface area contributed by atoms with Crippen LogP contribution in [0.5, 0.6) is 0 Å². The molecule has 2 rings (SSSR count). The molecule has 0 atom stereocenters. The van der Waals surface area contributed by atoms with Gasteiger partial charge in [0.2, 0.25) is 0 Å². The Morgan fingerprint density at radius 1 is 1.35 bits per heavy atom. The van der Waals surface area contributed by atoms with E-state index in [2.05, 4.69) is 29.1 Å². The van der Waals surface area contributed by atoms with Crippen LogP contribution in [0.15, 0.2) is 48.0 Å². The molecule has 5 heteroatoms. The molecule has 1 aromatic heterocycles. The van der Waals surface area contributed by atoms with Crippen molar-refractivity contribution in [2.45, 2.75) is 0 Å². The SMILES string of the molecule is C=CCN(CC=C)C(=O)c1sc2cccc(Br)c2c1N. The molecular formula is C15H15BrN2OS. The Labute approximate surface area is 130 Å². The number of benzene rings is 1. The Morgan fingerprint density at radius 3 is 2.55 bits per heavy atom. The zero-order chi connectivity index (χ0) is 14.7. The number of halogens is 1. The molecule has 0 bridgehead atoms. The van der Waals surface area contributed by atoms with E-state index in [0.717, 1.165) is 14.6 Å². The van der Waals surface area contributed by atoms with Crippen molar-refractivity contribution in [3.63, 3.8) is 0 Å². The molecule has 3 nitrogen and oxygen atoms in total. The second-order valence-corrected chi connectivity index (χ2v) is 6.15. The minimum atomic E-state index is -0.0876. The van der Waals surface area contributed by atoms with Crippen LogP contribution in [0.25, 0.3) is 10.1 Å². The first kappa shape index (κ1) is 14.8. The van der Waals surface area contributed by atoms with Gasteiger partial charge in [-0.25, -0.2) is 0 Å². The van der Waals surface area contributed by atoms with Gasteiger partial charge in [-0.2, -0.15) is 0 Å². The van der Waals surface area contributed by atoms with Crippen molar-refractivity contribution in [3.8, 4) is 0 Å². The summed E-state index contributed by atoms with van der Waals surface area (Å²) in [6.07, 6.45) is 3.39. The number of amides is 1. The maximum Gasteiger partial charge on any atom is 0.266 e. The molecule has 0 aliphatic rings. The fourth-order valence-electron chi connectivity index (χ4n) is 1.98. The van der Waals surface area contributed by atoms with E-state index in [-0.39, 0.29) is 5.91 Å². The van der Waals surface area contributed by atoms with Crippen LogP contribution in [0.4, 0.5) is 5.69 Å². The molecule has 104 valence electrons. The number of fused-ring (bicyclic) bond motifs is 1. The number of carbonyl (C=O) groups excluding carboxylic acids is 1. The number of hydrogen-bond acceptors (Lipinski definition) is 3. The highest BCUT2D eigenvalue weighted by Crippen LogP contribution is 2.38. The van der Waals surface area contributed by atoms with Crippen molar-refractivity contribution < 1.29 is 4.79 Å². The summed E-state index contributed by atoms with van der Waals surface area (Å²) in [6, 6.07) is 5.82. The molecule has 1 heterocycles. The van der Waals surface area contributed by atoms with E-state index in [4.69, 9.17) is 5.73 Å². The molecule has 0 aliphatic heterocycles. The summed E-state index contributed by atoms with van der Waals surface area (Å²) in [7, 11) is 0. The monoisotopic (exact) mass is 350 g/mol. The second-order valence-electron chi connectivity index (χ2n) is 4.25. The number of nitrogen functional groups attached to an aromatic ring is 1. The van der Waals surface area contributed by atoms with Crippen LogP contribution in [-0.2, 0) is 0 Å². The zero-order valence-electron chi connectivity index (χ0n) is 10.9. The molecule has 0 spiro atoms. The fraction of sp³-hybridized carbons (Fsp3) is 0.133. The Hall–Kier alpha value is -1.59. The first-order valence-corrected chi connectivity index (χ1v) is 7.68. The first-order chi connectivity index (χ1) is 9.60.